The van der Waals surface area contributed by atoms with E-state index in [1.54, 1.807) is 23.0 Å². The predicted molar refractivity (Wildman–Crippen MR) is 126 cm³/mol. The Kier molecular flexibility index (Phi) is 10.5. The summed E-state index contributed by atoms with van der Waals surface area (Å²) >= 11 is 0. The highest BCUT2D eigenvalue weighted by Gasteiger charge is 2.15. The lowest BCUT2D eigenvalue weighted by atomic mass is 10.2. The lowest BCUT2D eigenvalue weighted by molar-refractivity contribution is 0.0420. The number of imidazole rings is 1. The number of benzene rings is 1. The van der Waals surface area contributed by atoms with Crippen molar-refractivity contribution in [1.29, 1.82) is 0 Å². The number of hydrogen-bond donors (Lipinski definition) is 2. The van der Waals surface area contributed by atoms with Gasteiger partial charge in [0.2, 0.25) is 0 Å². The number of guanidine groups is 1. The Bertz CT molecular complexity index is 808. The number of hydrogen-bond acceptors (Lipinski definition) is 4. The fraction of sp³-hybridized carbons (Fsp3) is 0.524. The third-order valence-electron chi connectivity index (χ3n) is 4.72. The van der Waals surface area contributed by atoms with E-state index in [-0.39, 0.29) is 35.9 Å². The third kappa shape index (κ3) is 7.21. The van der Waals surface area contributed by atoms with Gasteiger partial charge >= 0.3 is 0 Å². The topological polar surface area (TPSA) is 72.7 Å². The van der Waals surface area contributed by atoms with Gasteiger partial charge in [0.1, 0.15) is 11.6 Å². The average molecular weight is 531 g/mol. The molecule has 0 radical (unpaired) electrons. The van der Waals surface area contributed by atoms with Gasteiger partial charge in [-0.25, -0.2) is 14.4 Å². The molecule has 0 saturated carbocycles. The van der Waals surface area contributed by atoms with E-state index in [1.165, 1.54) is 6.07 Å². The molecule has 9 heteroatoms. The number of aliphatic imine (C=N–C) groups is 1. The second-order valence-corrected chi connectivity index (χ2v) is 6.96. The number of rotatable bonds is 9. The monoisotopic (exact) mass is 531 g/mol. The summed E-state index contributed by atoms with van der Waals surface area (Å²) in [5.41, 5.74) is 1.30. The molecule has 1 aliphatic rings. The van der Waals surface area contributed by atoms with Crippen molar-refractivity contribution in [1.82, 2.24) is 20.2 Å². The molecule has 0 amide bonds. The highest BCUT2D eigenvalue weighted by molar-refractivity contribution is 14.0. The number of nitrogens with zero attached hydrogens (tertiary/aromatic N) is 3. The molecule has 1 fully saturated rings. The molecule has 7 nitrogen and oxygen atoms in total. The van der Waals surface area contributed by atoms with Gasteiger partial charge in [0.25, 0.3) is 0 Å². The van der Waals surface area contributed by atoms with E-state index in [1.807, 2.05) is 19.9 Å². The summed E-state index contributed by atoms with van der Waals surface area (Å²) in [5, 5.41) is 6.51. The van der Waals surface area contributed by atoms with E-state index in [0.717, 1.165) is 43.9 Å². The molecular weight excluding hydrogens is 500 g/mol. The maximum Gasteiger partial charge on any atom is 0.191 e. The predicted octanol–water partition coefficient (Wildman–Crippen LogP) is 3.19. The van der Waals surface area contributed by atoms with Gasteiger partial charge in [-0.2, -0.15) is 0 Å². The molecular formula is C21H31FIN5O2. The van der Waals surface area contributed by atoms with Gasteiger partial charge in [-0.15, -0.1) is 24.0 Å². The Morgan fingerprint density at radius 3 is 2.93 bits per heavy atom. The van der Waals surface area contributed by atoms with Crippen LogP contribution in [0.4, 0.5) is 4.39 Å². The van der Waals surface area contributed by atoms with Crippen LogP contribution in [0.5, 0.6) is 0 Å². The molecule has 3 rings (SSSR count). The minimum absolute atomic E-state index is 0. The van der Waals surface area contributed by atoms with E-state index in [0.29, 0.717) is 31.4 Å². The summed E-state index contributed by atoms with van der Waals surface area (Å²) < 4.78 is 27.3. The molecule has 0 aliphatic carbocycles. The zero-order valence-electron chi connectivity index (χ0n) is 17.6. The van der Waals surface area contributed by atoms with Crippen LogP contribution < -0.4 is 10.6 Å². The summed E-state index contributed by atoms with van der Waals surface area (Å²) in [7, 11) is 0. The van der Waals surface area contributed by atoms with E-state index >= 15 is 0 Å². The molecule has 1 aromatic heterocycles. The Morgan fingerprint density at radius 1 is 1.40 bits per heavy atom. The van der Waals surface area contributed by atoms with E-state index in [2.05, 4.69) is 20.6 Å². The second kappa shape index (κ2) is 12.9. The van der Waals surface area contributed by atoms with Crippen molar-refractivity contribution < 1.29 is 13.9 Å². The summed E-state index contributed by atoms with van der Waals surface area (Å²) in [6.45, 7) is 7.96. The molecule has 1 atom stereocenters. The smallest absolute Gasteiger partial charge is 0.191 e. The average Bonchev–Trinajstić information content (AvgIpc) is 3.38. The van der Waals surface area contributed by atoms with Crippen LogP contribution in [0.25, 0.3) is 5.69 Å². The number of aryl methyl sites for hydroxylation is 1. The lowest BCUT2D eigenvalue weighted by Gasteiger charge is -2.13. The fourth-order valence-electron chi connectivity index (χ4n) is 3.16. The molecule has 0 spiro atoms. The van der Waals surface area contributed by atoms with E-state index in [9.17, 15) is 4.39 Å². The van der Waals surface area contributed by atoms with Crippen molar-refractivity contribution in [3.8, 4) is 5.69 Å². The van der Waals surface area contributed by atoms with E-state index < -0.39 is 0 Å². The summed E-state index contributed by atoms with van der Waals surface area (Å²) in [6, 6.07) is 5.18. The summed E-state index contributed by atoms with van der Waals surface area (Å²) in [6.07, 6.45) is 5.51. The van der Waals surface area contributed by atoms with Gasteiger partial charge in [-0.1, -0.05) is 6.07 Å². The first-order chi connectivity index (χ1) is 14.2. The Hall–Kier alpha value is -1.72. The van der Waals surface area contributed by atoms with Crippen molar-refractivity contribution >= 4 is 29.9 Å². The molecule has 1 saturated heterocycles. The first-order valence-electron chi connectivity index (χ1n) is 10.2. The highest BCUT2D eigenvalue weighted by atomic mass is 127. The van der Waals surface area contributed by atoms with Gasteiger partial charge in [0.05, 0.1) is 24.9 Å². The molecule has 2 heterocycles. The molecule has 2 N–H and O–H groups in total. The largest absolute Gasteiger partial charge is 0.379 e. The van der Waals surface area contributed by atoms with Crippen LogP contribution in [0.1, 0.15) is 31.2 Å². The second-order valence-electron chi connectivity index (χ2n) is 6.96. The zero-order valence-corrected chi connectivity index (χ0v) is 19.9. The fourth-order valence-corrected chi connectivity index (χ4v) is 3.16. The number of halogens is 2. The first kappa shape index (κ1) is 24.5. The molecule has 2 aromatic rings. The van der Waals surface area contributed by atoms with Crippen LogP contribution >= 0.6 is 24.0 Å². The zero-order chi connectivity index (χ0) is 20.5. The van der Waals surface area contributed by atoms with Crippen molar-refractivity contribution in [2.24, 2.45) is 4.99 Å². The summed E-state index contributed by atoms with van der Waals surface area (Å²) in [5.74, 6) is 1.18. The maximum absolute atomic E-state index is 14.5. The quantitative estimate of drug-likeness (QED) is 0.225. The van der Waals surface area contributed by atoms with Crippen molar-refractivity contribution in [3.63, 3.8) is 0 Å². The van der Waals surface area contributed by atoms with E-state index in [4.69, 9.17) is 9.47 Å². The van der Waals surface area contributed by atoms with Gasteiger partial charge in [0, 0.05) is 38.7 Å². The van der Waals surface area contributed by atoms with Crippen molar-refractivity contribution in [2.45, 2.75) is 39.3 Å². The number of ether oxygens (including phenoxy) is 2. The minimum atomic E-state index is -0.287. The van der Waals surface area contributed by atoms with Crippen LogP contribution in [0, 0.1) is 12.7 Å². The van der Waals surface area contributed by atoms with Gasteiger partial charge < -0.3 is 24.7 Å². The van der Waals surface area contributed by atoms with Crippen molar-refractivity contribution in [3.05, 3.63) is 47.8 Å². The van der Waals surface area contributed by atoms with Gasteiger partial charge in [-0.3, -0.25) is 0 Å². The molecule has 0 bridgehead atoms. The first-order valence-corrected chi connectivity index (χ1v) is 10.2. The van der Waals surface area contributed by atoms with Gasteiger partial charge in [-0.05, 0) is 44.4 Å². The van der Waals surface area contributed by atoms with Crippen LogP contribution in [0.3, 0.4) is 0 Å². The SMILES string of the molecule is CCNC(=NCc1ccc(-n2ccnc2C)c(F)c1)NCCCOC1CCOC1.I. The highest BCUT2D eigenvalue weighted by Crippen LogP contribution is 2.17. The third-order valence-corrected chi connectivity index (χ3v) is 4.72. The number of aromatic nitrogens is 2. The number of nitrogens with one attached hydrogen (secondary N) is 2. The molecule has 1 aliphatic heterocycles. The Labute approximate surface area is 194 Å². The van der Waals surface area contributed by atoms with Crippen LogP contribution in [-0.4, -0.2) is 54.5 Å². The normalized spacial score (nSPS) is 16.4. The lowest BCUT2D eigenvalue weighted by Crippen LogP contribution is -2.38. The van der Waals surface area contributed by atoms with Gasteiger partial charge in [0.15, 0.2) is 5.96 Å². The van der Waals surface area contributed by atoms with Crippen LogP contribution in [0.15, 0.2) is 35.6 Å². The van der Waals surface area contributed by atoms with Crippen LogP contribution in [-0.2, 0) is 16.0 Å². The maximum atomic E-state index is 14.5. The van der Waals surface area contributed by atoms with Crippen LogP contribution in [0.2, 0.25) is 0 Å². The summed E-state index contributed by atoms with van der Waals surface area (Å²) in [4.78, 5) is 8.70. The molecule has 30 heavy (non-hydrogen) atoms. The Balaban J connectivity index is 0.00000320. The minimum Gasteiger partial charge on any atom is -0.379 e. The standard InChI is InChI=1S/C21H30FN5O2.HI/c1-3-23-21(25-8-4-11-29-18-7-12-28-15-18)26-14-17-5-6-20(19(22)13-17)27-10-9-24-16(27)2;/h5-6,9-10,13,18H,3-4,7-8,11-12,14-15H2,1-2H3,(H2,23,25,26);1H. The Morgan fingerprint density at radius 2 is 2.27 bits per heavy atom. The van der Waals surface area contributed by atoms with Crippen molar-refractivity contribution in [2.75, 3.05) is 32.9 Å². The molecule has 1 aromatic carbocycles. The molecule has 166 valence electrons. The molecule has 1 unspecified atom stereocenters.